The molecule has 3 fully saturated rings. The third-order valence-electron chi connectivity index (χ3n) is 9.83. The summed E-state index contributed by atoms with van der Waals surface area (Å²) in [5, 5.41) is 8.60. The first kappa shape index (κ1) is 37.0. The number of alkyl carbamates (subject to hydrolysis) is 1. The maximum atomic E-state index is 14.4. The summed E-state index contributed by atoms with van der Waals surface area (Å²) >= 11 is 0. The topological polar surface area (TPSA) is 126 Å². The molecule has 0 radical (unpaired) electrons. The molecule has 49 heavy (non-hydrogen) atoms. The van der Waals surface area contributed by atoms with Gasteiger partial charge in [-0.15, -0.1) is 0 Å². The van der Waals surface area contributed by atoms with Gasteiger partial charge in [0.05, 0.1) is 30.6 Å². The summed E-state index contributed by atoms with van der Waals surface area (Å²) in [5.41, 5.74) is -0.704. The number of halogens is 4. The Morgan fingerprint density at radius 2 is 1.80 bits per heavy atom. The lowest BCUT2D eigenvalue weighted by molar-refractivity contribution is -0.138. The van der Waals surface area contributed by atoms with E-state index >= 15 is 0 Å². The molecule has 3 unspecified atom stereocenters. The number of amides is 2. The second-order valence-electron chi connectivity index (χ2n) is 13.3. The fourth-order valence-electron chi connectivity index (χ4n) is 7.68. The predicted octanol–water partition coefficient (Wildman–Crippen LogP) is 5.19. The van der Waals surface area contributed by atoms with Gasteiger partial charge in [-0.1, -0.05) is 18.2 Å². The minimum atomic E-state index is -4.77. The van der Waals surface area contributed by atoms with E-state index in [4.69, 9.17) is 9.47 Å². The van der Waals surface area contributed by atoms with Gasteiger partial charge in [0.2, 0.25) is 15.9 Å². The maximum absolute atomic E-state index is 14.4. The summed E-state index contributed by atoms with van der Waals surface area (Å²) in [6, 6.07) is 7.12. The van der Waals surface area contributed by atoms with Crippen molar-refractivity contribution in [3.8, 4) is 0 Å². The van der Waals surface area contributed by atoms with Crippen LogP contribution in [-0.4, -0.2) is 81.0 Å². The Bertz CT molecular complexity index is 1580. The quantitative estimate of drug-likeness (QED) is 0.306. The number of nitrogens with one attached hydrogen (secondary N) is 3. The zero-order valence-electron chi connectivity index (χ0n) is 27.8. The van der Waals surface area contributed by atoms with E-state index in [2.05, 4.69) is 16.0 Å². The number of piperazine rings is 1. The van der Waals surface area contributed by atoms with Crippen molar-refractivity contribution in [1.82, 2.24) is 14.9 Å². The van der Waals surface area contributed by atoms with E-state index in [0.29, 0.717) is 37.8 Å². The number of hydrogen-bond acceptors (Lipinski definition) is 7. The molecule has 270 valence electrons. The number of sulfonamides is 1. The number of carbonyl (C=O) groups excluding carboxylic acids is 2. The van der Waals surface area contributed by atoms with Gasteiger partial charge in [0.25, 0.3) is 0 Å². The highest BCUT2D eigenvalue weighted by Crippen LogP contribution is 2.40. The van der Waals surface area contributed by atoms with Crippen LogP contribution in [0.4, 0.5) is 28.0 Å². The Morgan fingerprint density at radius 3 is 2.45 bits per heavy atom. The van der Waals surface area contributed by atoms with Crippen LogP contribution in [0.1, 0.15) is 68.6 Å². The fraction of sp³-hybridized carbons (Fsp3) is 0.588. The van der Waals surface area contributed by atoms with Crippen molar-refractivity contribution in [1.29, 1.82) is 0 Å². The first-order valence-corrected chi connectivity index (χ1v) is 18.3. The number of nitrogens with zero attached hydrogens (tertiary/aromatic N) is 1. The average molecular weight is 713 g/mol. The molecule has 2 bridgehead atoms. The number of carbonyl (C=O) groups is 2. The van der Waals surface area contributed by atoms with E-state index in [0.717, 1.165) is 13.2 Å². The minimum Gasteiger partial charge on any atom is -0.453 e. The molecule has 3 heterocycles. The Labute approximate surface area is 284 Å². The second-order valence-corrected chi connectivity index (χ2v) is 15.4. The number of rotatable bonds is 9. The predicted molar refractivity (Wildman–Crippen MR) is 175 cm³/mol. The summed E-state index contributed by atoms with van der Waals surface area (Å²) in [6.07, 6.45) is -3.97. The van der Waals surface area contributed by atoms with Crippen molar-refractivity contribution >= 4 is 27.7 Å². The van der Waals surface area contributed by atoms with Crippen molar-refractivity contribution in [3.63, 3.8) is 0 Å². The standard InChI is InChI=1S/C34H44F4N4O6S/c1-20-16-23(17-21(2)48-20)30(22-9-11-24(35)12-10-22)31(41-33(44)47-3)32(43)40-29-8-4-7-28(34(36,37)38)27(29)14-13-26-18-39-25-6-5-15-49(45,46)42(26)19-25/h4,7-12,20-21,23,25-26,30-31,39H,5-6,13-19H2,1-3H3,(H,40,43)(H,41,44)/t20-,21+,23?,25-,26?,30+,31+/m1/s1. The molecule has 10 nitrogen and oxygen atoms in total. The number of alkyl halides is 3. The van der Waals surface area contributed by atoms with Crippen molar-refractivity contribution in [3.05, 3.63) is 65.0 Å². The van der Waals surface area contributed by atoms with Gasteiger partial charge in [-0.2, -0.15) is 17.5 Å². The Morgan fingerprint density at radius 1 is 1.10 bits per heavy atom. The third kappa shape index (κ3) is 8.91. The summed E-state index contributed by atoms with van der Waals surface area (Å²) in [7, 11) is -2.45. The van der Waals surface area contributed by atoms with Crippen LogP contribution in [-0.2, 0) is 36.9 Å². The van der Waals surface area contributed by atoms with Crippen molar-refractivity contribution in [2.45, 2.75) is 94.8 Å². The maximum Gasteiger partial charge on any atom is 0.416 e. The minimum absolute atomic E-state index is 0.0131. The summed E-state index contributed by atoms with van der Waals surface area (Å²) < 4.78 is 95.6. The van der Waals surface area contributed by atoms with Gasteiger partial charge < -0.3 is 25.4 Å². The van der Waals surface area contributed by atoms with Crippen LogP contribution >= 0.6 is 0 Å². The van der Waals surface area contributed by atoms with Gasteiger partial charge in [0, 0.05) is 36.8 Å². The number of anilines is 1. The lowest BCUT2D eigenvalue weighted by Gasteiger charge is -2.40. The van der Waals surface area contributed by atoms with Gasteiger partial charge in [-0.3, -0.25) is 4.79 Å². The van der Waals surface area contributed by atoms with E-state index < -0.39 is 57.6 Å². The molecule has 3 N–H and O–H groups in total. The Kier molecular flexibility index (Phi) is 11.6. The van der Waals surface area contributed by atoms with Crippen LogP contribution in [0.2, 0.25) is 0 Å². The number of methoxy groups -OCH3 is 1. The first-order chi connectivity index (χ1) is 23.2. The van der Waals surface area contributed by atoms with Crippen LogP contribution in [0.25, 0.3) is 0 Å². The lowest BCUT2D eigenvalue weighted by Crippen LogP contribution is -2.57. The second kappa shape index (κ2) is 15.3. The first-order valence-electron chi connectivity index (χ1n) is 16.6. The molecular weight excluding hydrogens is 668 g/mol. The van der Waals surface area contributed by atoms with E-state index in [1.54, 1.807) is 0 Å². The molecule has 2 aromatic carbocycles. The summed E-state index contributed by atoms with van der Waals surface area (Å²) in [6.45, 7) is 4.33. The number of hydrogen-bond donors (Lipinski definition) is 3. The highest BCUT2D eigenvalue weighted by Gasteiger charge is 2.42. The monoisotopic (exact) mass is 712 g/mol. The van der Waals surface area contributed by atoms with Gasteiger partial charge in [-0.05, 0) is 93.7 Å². The molecule has 0 spiro atoms. The van der Waals surface area contributed by atoms with Crippen LogP contribution in [0.3, 0.4) is 0 Å². The molecule has 8 atom stereocenters. The van der Waals surface area contributed by atoms with Gasteiger partial charge in [-0.25, -0.2) is 17.6 Å². The SMILES string of the molecule is COC(=O)N[C@H](C(=O)Nc1cccc(C(F)(F)F)c1CCC1CN[C@@H]2CCCS(=O)(=O)N1C2)[C@@H](c1ccc(F)cc1)C1C[C@@H](C)O[C@@H](C)C1. The smallest absolute Gasteiger partial charge is 0.416 e. The van der Waals surface area contributed by atoms with Crippen molar-refractivity contribution < 1.29 is 45.0 Å². The highest BCUT2D eigenvalue weighted by molar-refractivity contribution is 7.89. The average Bonchev–Trinajstić information content (AvgIpc) is 3.15. The molecule has 3 saturated heterocycles. The fourth-order valence-corrected chi connectivity index (χ4v) is 9.49. The van der Waals surface area contributed by atoms with Crippen LogP contribution in [0.5, 0.6) is 0 Å². The molecule has 0 saturated carbocycles. The normalized spacial score (nSPS) is 28.1. The molecule has 2 amide bonds. The van der Waals surface area contributed by atoms with E-state index in [1.807, 2.05) is 13.8 Å². The molecule has 0 aromatic heterocycles. The highest BCUT2D eigenvalue weighted by atomic mass is 32.2. The molecule has 5 rings (SSSR count). The lowest BCUT2D eigenvalue weighted by atomic mass is 9.74. The summed E-state index contributed by atoms with van der Waals surface area (Å²) in [5.74, 6) is -2.27. The van der Waals surface area contributed by atoms with E-state index in [1.165, 1.54) is 40.7 Å². The summed E-state index contributed by atoms with van der Waals surface area (Å²) in [4.78, 5) is 26.9. The molecule has 3 aliphatic rings. The van der Waals surface area contributed by atoms with E-state index in [9.17, 15) is 35.6 Å². The zero-order chi connectivity index (χ0) is 35.5. The largest absolute Gasteiger partial charge is 0.453 e. The molecule has 15 heteroatoms. The Balaban J connectivity index is 1.49. The number of ether oxygens (including phenoxy) is 2. The van der Waals surface area contributed by atoms with Crippen LogP contribution < -0.4 is 16.0 Å². The molecule has 0 aliphatic carbocycles. The van der Waals surface area contributed by atoms with E-state index in [-0.39, 0.29) is 60.6 Å². The van der Waals surface area contributed by atoms with Gasteiger partial charge >= 0.3 is 12.3 Å². The van der Waals surface area contributed by atoms with Crippen LogP contribution in [0.15, 0.2) is 42.5 Å². The zero-order valence-corrected chi connectivity index (χ0v) is 28.6. The van der Waals surface area contributed by atoms with Gasteiger partial charge in [0.1, 0.15) is 11.9 Å². The number of benzene rings is 2. The van der Waals surface area contributed by atoms with Crippen LogP contribution in [0, 0.1) is 11.7 Å². The molecular formula is C34H44F4N4O6S. The Hall–Kier alpha value is -3.27. The van der Waals surface area contributed by atoms with Crippen molar-refractivity contribution in [2.24, 2.45) is 5.92 Å². The number of fused-ring (bicyclic) bond motifs is 2. The van der Waals surface area contributed by atoms with Crippen molar-refractivity contribution in [2.75, 3.05) is 31.3 Å². The third-order valence-corrected chi connectivity index (χ3v) is 11.8. The molecule has 3 aliphatic heterocycles. The van der Waals surface area contributed by atoms with Gasteiger partial charge in [0.15, 0.2) is 0 Å². The molecule has 2 aromatic rings.